The Labute approximate surface area is 142 Å². The Balaban J connectivity index is 1.61. The monoisotopic (exact) mass is 324 g/mol. The molecular formula is C19H24N4O. The topological polar surface area (TPSA) is 37.4 Å². The summed E-state index contributed by atoms with van der Waals surface area (Å²) in [6.07, 6.45) is 3.35. The van der Waals surface area contributed by atoms with Gasteiger partial charge in [0.25, 0.3) is 0 Å². The van der Waals surface area contributed by atoms with Gasteiger partial charge in [-0.15, -0.1) is 0 Å². The van der Waals surface area contributed by atoms with Gasteiger partial charge >= 0.3 is 0 Å². The second-order valence-electron chi connectivity index (χ2n) is 6.97. The van der Waals surface area contributed by atoms with E-state index in [4.69, 9.17) is 4.42 Å². The zero-order chi connectivity index (χ0) is 16.7. The number of hydrogen-bond acceptors (Lipinski definition) is 4. The Hall–Kier alpha value is -2.11. The fourth-order valence-electron chi connectivity index (χ4n) is 3.58. The van der Waals surface area contributed by atoms with Gasteiger partial charge in [0.05, 0.1) is 0 Å². The lowest BCUT2D eigenvalue weighted by molar-refractivity contribution is 0.265. The number of likely N-dealkylation sites (tertiary alicyclic amines) is 1. The number of nitrogens with zero attached hydrogens (tertiary/aromatic N) is 4. The fourth-order valence-corrected chi connectivity index (χ4v) is 3.58. The maximum Gasteiger partial charge on any atom is 0.156 e. The van der Waals surface area contributed by atoms with E-state index in [1.165, 1.54) is 12.0 Å². The summed E-state index contributed by atoms with van der Waals surface area (Å²) in [4.78, 5) is 4.83. The van der Waals surface area contributed by atoms with E-state index in [0.717, 1.165) is 42.1 Å². The highest BCUT2D eigenvalue weighted by atomic mass is 16.3. The second-order valence-corrected chi connectivity index (χ2v) is 6.97. The highest BCUT2D eigenvalue weighted by Crippen LogP contribution is 2.30. The van der Waals surface area contributed by atoms with Gasteiger partial charge in [0.15, 0.2) is 5.76 Å². The molecule has 0 saturated carbocycles. The maximum atomic E-state index is 6.03. The molecule has 0 bridgehead atoms. The van der Waals surface area contributed by atoms with Crippen LogP contribution in [0.4, 0.5) is 0 Å². The van der Waals surface area contributed by atoms with Gasteiger partial charge in [0.2, 0.25) is 0 Å². The number of aryl methyl sites for hydroxylation is 1. The van der Waals surface area contributed by atoms with Crippen molar-refractivity contribution in [1.29, 1.82) is 0 Å². The van der Waals surface area contributed by atoms with Crippen molar-refractivity contribution in [3.63, 3.8) is 0 Å². The van der Waals surface area contributed by atoms with Crippen molar-refractivity contribution in [3.8, 4) is 11.5 Å². The molecule has 3 aromatic rings. The van der Waals surface area contributed by atoms with Crippen LogP contribution in [-0.2, 0) is 13.6 Å². The third kappa shape index (κ3) is 2.85. The molecule has 0 N–H and O–H groups in total. The molecule has 1 aliphatic rings. The Morgan fingerprint density at radius 2 is 2.12 bits per heavy atom. The molecule has 2 aromatic heterocycles. The first-order valence-electron chi connectivity index (χ1n) is 8.50. The highest BCUT2D eigenvalue weighted by Gasteiger charge is 2.25. The van der Waals surface area contributed by atoms with E-state index in [-0.39, 0.29) is 0 Å². The summed E-state index contributed by atoms with van der Waals surface area (Å²) in [6, 6.07) is 10.9. The number of hydrogen-bond donors (Lipinski definition) is 0. The third-order valence-electron chi connectivity index (χ3n) is 4.94. The molecule has 24 heavy (non-hydrogen) atoms. The van der Waals surface area contributed by atoms with E-state index < -0.39 is 0 Å². The predicted octanol–water partition coefficient (Wildman–Crippen LogP) is 2.97. The van der Waals surface area contributed by atoms with Crippen LogP contribution in [0, 0.1) is 0 Å². The van der Waals surface area contributed by atoms with Crippen molar-refractivity contribution >= 4 is 11.0 Å². The van der Waals surface area contributed by atoms with E-state index in [1.54, 1.807) is 0 Å². The van der Waals surface area contributed by atoms with Gasteiger partial charge in [-0.05, 0) is 32.6 Å². The average Bonchev–Trinajstić information content (AvgIpc) is 3.25. The van der Waals surface area contributed by atoms with Gasteiger partial charge in [0.1, 0.15) is 11.3 Å². The quantitative estimate of drug-likeness (QED) is 0.739. The summed E-state index contributed by atoms with van der Waals surface area (Å²) < 4.78 is 7.92. The number of likely N-dealkylation sites (N-methyl/N-ethyl adjacent to an activating group) is 1. The molecule has 1 unspecified atom stereocenters. The molecule has 1 fully saturated rings. The van der Waals surface area contributed by atoms with Crippen LogP contribution in [0.25, 0.3) is 22.4 Å². The van der Waals surface area contributed by atoms with Crippen LogP contribution in [0.2, 0.25) is 0 Å². The van der Waals surface area contributed by atoms with Crippen LogP contribution in [0.15, 0.2) is 40.9 Å². The van der Waals surface area contributed by atoms with Crippen LogP contribution >= 0.6 is 0 Å². The van der Waals surface area contributed by atoms with Crippen molar-refractivity contribution in [2.45, 2.75) is 19.0 Å². The van der Waals surface area contributed by atoms with Crippen molar-refractivity contribution in [1.82, 2.24) is 19.6 Å². The summed E-state index contributed by atoms with van der Waals surface area (Å²) in [5, 5.41) is 5.78. The molecule has 0 amide bonds. The minimum atomic E-state index is 0.649. The zero-order valence-corrected chi connectivity index (χ0v) is 14.6. The largest absolute Gasteiger partial charge is 0.454 e. The minimum absolute atomic E-state index is 0.649. The van der Waals surface area contributed by atoms with Crippen LogP contribution in [0.5, 0.6) is 0 Å². The number of para-hydroxylation sites is 1. The fraction of sp³-hybridized carbons (Fsp3) is 0.421. The molecule has 1 atom stereocenters. The summed E-state index contributed by atoms with van der Waals surface area (Å²) >= 11 is 0. The molecule has 126 valence electrons. The molecule has 0 spiro atoms. The normalized spacial score (nSPS) is 18.9. The van der Waals surface area contributed by atoms with E-state index in [1.807, 2.05) is 29.9 Å². The number of furan rings is 1. The van der Waals surface area contributed by atoms with Crippen LogP contribution in [0.1, 0.15) is 12.0 Å². The Morgan fingerprint density at radius 1 is 1.29 bits per heavy atom. The minimum Gasteiger partial charge on any atom is -0.454 e. The zero-order valence-electron chi connectivity index (χ0n) is 14.6. The van der Waals surface area contributed by atoms with E-state index in [9.17, 15) is 0 Å². The first-order chi connectivity index (χ1) is 11.6. The number of fused-ring (bicyclic) bond motifs is 1. The average molecular weight is 324 g/mol. The summed E-state index contributed by atoms with van der Waals surface area (Å²) in [5.74, 6) is 0.857. The molecule has 0 aliphatic carbocycles. The van der Waals surface area contributed by atoms with Crippen LogP contribution in [0.3, 0.4) is 0 Å². The molecule has 0 radical (unpaired) electrons. The third-order valence-corrected chi connectivity index (χ3v) is 4.94. The number of rotatable bonds is 4. The molecule has 4 rings (SSSR count). The van der Waals surface area contributed by atoms with Crippen molar-refractivity contribution in [2.24, 2.45) is 7.05 Å². The van der Waals surface area contributed by atoms with Gasteiger partial charge in [-0.1, -0.05) is 18.2 Å². The lowest BCUT2D eigenvalue weighted by Crippen LogP contribution is -2.31. The highest BCUT2D eigenvalue weighted by molar-refractivity contribution is 5.82. The molecule has 1 saturated heterocycles. The molecular weight excluding hydrogens is 300 g/mol. The standard InChI is InChI=1S/C19H24N4O/c1-21(2)16-8-9-23(13-16)12-15-11-22(3)20-19(15)18-10-14-6-4-5-7-17(14)24-18/h4-7,10-11,16H,8-9,12-13H2,1-3H3. The molecule has 5 heteroatoms. The SMILES string of the molecule is CN(C)C1CCN(Cc2cn(C)nc2-c2cc3ccccc3o2)C1. The second kappa shape index (κ2) is 6.07. The first-order valence-corrected chi connectivity index (χ1v) is 8.50. The molecule has 1 aromatic carbocycles. The number of benzene rings is 1. The van der Waals surface area contributed by atoms with E-state index >= 15 is 0 Å². The summed E-state index contributed by atoms with van der Waals surface area (Å²) in [7, 11) is 6.30. The Kier molecular flexibility index (Phi) is 3.90. The van der Waals surface area contributed by atoms with Gasteiger partial charge in [-0.25, -0.2) is 0 Å². The van der Waals surface area contributed by atoms with Gasteiger partial charge < -0.3 is 9.32 Å². The van der Waals surface area contributed by atoms with E-state index in [2.05, 4.69) is 47.3 Å². The molecule has 3 heterocycles. The number of aromatic nitrogens is 2. The summed E-state index contributed by atoms with van der Waals surface area (Å²) in [5.41, 5.74) is 3.11. The lowest BCUT2D eigenvalue weighted by Gasteiger charge is -2.20. The van der Waals surface area contributed by atoms with Crippen LogP contribution in [-0.4, -0.2) is 52.8 Å². The van der Waals surface area contributed by atoms with Gasteiger partial charge in [-0.2, -0.15) is 5.10 Å². The molecule has 5 nitrogen and oxygen atoms in total. The maximum absolute atomic E-state index is 6.03. The lowest BCUT2D eigenvalue weighted by atomic mass is 10.2. The van der Waals surface area contributed by atoms with Gasteiger partial charge in [-0.3, -0.25) is 9.58 Å². The van der Waals surface area contributed by atoms with Crippen LogP contribution < -0.4 is 0 Å². The van der Waals surface area contributed by atoms with E-state index in [0.29, 0.717) is 6.04 Å². The Morgan fingerprint density at radius 3 is 2.88 bits per heavy atom. The van der Waals surface area contributed by atoms with Crippen molar-refractivity contribution in [3.05, 3.63) is 42.1 Å². The van der Waals surface area contributed by atoms with Gasteiger partial charge in [0, 0.05) is 49.9 Å². The summed E-state index contributed by atoms with van der Waals surface area (Å²) in [6.45, 7) is 3.17. The Bertz CT molecular complexity index is 815. The molecule has 1 aliphatic heterocycles. The smallest absolute Gasteiger partial charge is 0.156 e. The van der Waals surface area contributed by atoms with Crippen molar-refractivity contribution in [2.75, 3.05) is 27.2 Å². The van der Waals surface area contributed by atoms with Crippen molar-refractivity contribution < 1.29 is 4.42 Å². The predicted molar refractivity (Wildman–Crippen MR) is 95.8 cm³/mol. The first kappa shape index (κ1) is 15.4.